The molecule has 0 bridgehead atoms. The van der Waals surface area contributed by atoms with E-state index < -0.39 is 28.5 Å². The number of nitrogens with one attached hydrogen (secondary N) is 1. The number of benzene rings is 3. The van der Waals surface area contributed by atoms with Gasteiger partial charge in [0.2, 0.25) is 11.8 Å². The standard InChI is InChI=1S/C26H27Cl2N3O4S/c1-3-24(26(33)29-2)30(17-19-14-15-22(27)23(28)16-19)25(32)18-31(20-10-6-4-7-11-20)36(34,35)21-12-8-5-9-13-21/h4-16,24H,3,17-18H2,1-2H3,(H,29,33)/t24-/m0/s1. The van der Waals surface area contributed by atoms with E-state index in [-0.39, 0.29) is 17.3 Å². The maximum atomic E-state index is 13.8. The summed E-state index contributed by atoms with van der Waals surface area (Å²) in [6.07, 6.45) is 0.323. The number of sulfonamides is 1. The quantitative estimate of drug-likeness (QED) is 0.397. The van der Waals surface area contributed by atoms with Crippen LogP contribution in [0.2, 0.25) is 10.0 Å². The molecule has 2 amide bonds. The number of carbonyl (C=O) groups excluding carboxylic acids is 2. The van der Waals surface area contributed by atoms with Gasteiger partial charge in [-0.3, -0.25) is 13.9 Å². The fraction of sp³-hybridized carbons (Fsp3) is 0.231. The van der Waals surface area contributed by atoms with Gasteiger partial charge in [-0.1, -0.05) is 72.6 Å². The second kappa shape index (κ2) is 12.3. The lowest BCUT2D eigenvalue weighted by Gasteiger charge is -2.33. The number of likely N-dealkylation sites (N-methyl/N-ethyl adjacent to an activating group) is 1. The van der Waals surface area contributed by atoms with Crippen LogP contribution in [0.25, 0.3) is 0 Å². The highest BCUT2D eigenvalue weighted by Gasteiger charge is 2.33. The van der Waals surface area contributed by atoms with Crippen LogP contribution in [0.3, 0.4) is 0 Å². The van der Waals surface area contributed by atoms with Crippen LogP contribution in [-0.4, -0.2) is 44.8 Å². The summed E-state index contributed by atoms with van der Waals surface area (Å²) in [5.74, 6) is -0.900. The van der Waals surface area contributed by atoms with Gasteiger partial charge in [0.25, 0.3) is 10.0 Å². The molecule has 0 radical (unpaired) electrons. The molecule has 1 atom stereocenters. The Bertz CT molecular complexity index is 1310. The van der Waals surface area contributed by atoms with Crippen molar-refractivity contribution in [3.63, 3.8) is 0 Å². The molecule has 1 N–H and O–H groups in total. The van der Waals surface area contributed by atoms with Crippen LogP contribution >= 0.6 is 23.2 Å². The molecule has 0 saturated heterocycles. The van der Waals surface area contributed by atoms with Crippen LogP contribution in [0, 0.1) is 0 Å². The van der Waals surface area contributed by atoms with Gasteiger partial charge in [0.1, 0.15) is 12.6 Å². The summed E-state index contributed by atoms with van der Waals surface area (Å²) >= 11 is 12.2. The number of amides is 2. The zero-order chi connectivity index (χ0) is 26.3. The molecule has 0 saturated carbocycles. The van der Waals surface area contributed by atoms with Crippen LogP contribution in [-0.2, 0) is 26.2 Å². The van der Waals surface area contributed by atoms with Crippen molar-refractivity contribution in [1.29, 1.82) is 0 Å². The third-order valence-corrected chi connectivity index (χ3v) is 8.15. The van der Waals surface area contributed by atoms with Crippen LogP contribution in [0.5, 0.6) is 0 Å². The Labute approximate surface area is 221 Å². The van der Waals surface area contributed by atoms with Crippen molar-refractivity contribution in [2.24, 2.45) is 0 Å². The molecule has 3 rings (SSSR count). The molecule has 190 valence electrons. The Morgan fingerprint density at radius 3 is 2.08 bits per heavy atom. The predicted octanol–water partition coefficient (Wildman–Crippen LogP) is 4.74. The topological polar surface area (TPSA) is 86.8 Å². The van der Waals surface area contributed by atoms with Crippen molar-refractivity contribution >= 4 is 50.7 Å². The molecule has 3 aromatic carbocycles. The van der Waals surface area contributed by atoms with E-state index in [1.54, 1.807) is 73.7 Å². The number of rotatable bonds is 10. The minimum absolute atomic E-state index is 0.0374. The Hall–Kier alpha value is -3.07. The fourth-order valence-electron chi connectivity index (χ4n) is 3.76. The molecule has 3 aromatic rings. The Balaban J connectivity index is 2.03. The number of halogens is 2. The molecule has 10 heteroatoms. The third-order valence-electron chi connectivity index (χ3n) is 5.62. The first-order valence-electron chi connectivity index (χ1n) is 11.3. The van der Waals surface area contributed by atoms with Crippen molar-refractivity contribution in [1.82, 2.24) is 10.2 Å². The van der Waals surface area contributed by atoms with Gasteiger partial charge in [-0.2, -0.15) is 0 Å². The Kier molecular flexibility index (Phi) is 9.37. The summed E-state index contributed by atoms with van der Waals surface area (Å²) in [6.45, 7) is 1.32. The van der Waals surface area contributed by atoms with Crippen molar-refractivity contribution < 1.29 is 18.0 Å². The molecule has 0 aliphatic rings. The highest BCUT2D eigenvalue weighted by Crippen LogP contribution is 2.26. The average molecular weight is 548 g/mol. The highest BCUT2D eigenvalue weighted by molar-refractivity contribution is 7.92. The lowest BCUT2D eigenvalue weighted by Crippen LogP contribution is -2.51. The molecule has 0 heterocycles. The Morgan fingerprint density at radius 1 is 0.917 bits per heavy atom. The van der Waals surface area contributed by atoms with Gasteiger partial charge < -0.3 is 10.2 Å². The second-order valence-corrected chi connectivity index (χ2v) is 10.6. The molecule has 0 spiro atoms. The molecule has 36 heavy (non-hydrogen) atoms. The van der Waals surface area contributed by atoms with E-state index >= 15 is 0 Å². The van der Waals surface area contributed by atoms with Crippen LogP contribution < -0.4 is 9.62 Å². The average Bonchev–Trinajstić information content (AvgIpc) is 2.89. The molecule has 0 aromatic heterocycles. The summed E-state index contributed by atoms with van der Waals surface area (Å²) in [5.41, 5.74) is 0.981. The number of hydrogen-bond donors (Lipinski definition) is 1. The van der Waals surface area contributed by atoms with E-state index in [9.17, 15) is 18.0 Å². The van der Waals surface area contributed by atoms with Gasteiger partial charge in [-0.15, -0.1) is 0 Å². The van der Waals surface area contributed by atoms with Crippen molar-refractivity contribution in [2.75, 3.05) is 17.9 Å². The highest BCUT2D eigenvalue weighted by atomic mass is 35.5. The zero-order valence-corrected chi connectivity index (χ0v) is 22.2. The van der Waals surface area contributed by atoms with Gasteiger partial charge in [0.05, 0.1) is 20.6 Å². The fourth-order valence-corrected chi connectivity index (χ4v) is 5.52. The third kappa shape index (κ3) is 6.37. The van der Waals surface area contributed by atoms with E-state index in [0.717, 1.165) is 4.31 Å². The first kappa shape index (κ1) is 27.5. The van der Waals surface area contributed by atoms with E-state index in [1.165, 1.54) is 24.1 Å². The molecule has 0 aliphatic carbocycles. The summed E-state index contributed by atoms with van der Waals surface area (Å²) < 4.78 is 28.3. The number of hydrogen-bond acceptors (Lipinski definition) is 4. The Morgan fingerprint density at radius 2 is 1.53 bits per heavy atom. The summed E-state index contributed by atoms with van der Waals surface area (Å²) in [5, 5.41) is 3.26. The maximum Gasteiger partial charge on any atom is 0.264 e. The molecular weight excluding hydrogens is 521 g/mol. The molecule has 0 aliphatic heterocycles. The first-order valence-corrected chi connectivity index (χ1v) is 13.5. The van der Waals surface area contributed by atoms with E-state index in [1.807, 2.05) is 0 Å². The largest absolute Gasteiger partial charge is 0.357 e. The lowest BCUT2D eigenvalue weighted by atomic mass is 10.1. The summed E-state index contributed by atoms with van der Waals surface area (Å²) in [4.78, 5) is 27.9. The van der Waals surface area contributed by atoms with Gasteiger partial charge in [-0.25, -0.2) is 8.42 Å². The van der Waals surface area contributed by atoms with Gasteiger partial charge >= 0.3 is 0 Å². The first-order chi connectivity index (χ1) is 17.2. The lowest BCUT2D eigenvalue weighted by molar-refractivity contribution is -0.140. The molecule has 0 fully saturated rings. The zero-order valence-electron chi connectivity index (χ0n) is 19.9. The molecular formula is C26H27Cl2N3O4S. The second-order valence-electron chi connectivity index (χ2n) is 7.97. The summed E-state index contributed by atoms with van der Waals surface area (Å²) in [6, 6.07) is 20.4. The van der Waals surface area contributed by atoms with Crippen molar-refractivity contribution in [3.8, 4) is 0 Å². The monoisotopic (exact) mass is 547 g/mol. The van der Waals surface area contributed by atoms with Crippen LogP contribution in [0.1, 0.15) is 18.9 Å². The minimum Gasteiger partial charge on any atom is -0.357 e. The van der Waals surface area contributed by atoms with E-state index in [0.29, 0.717) is 27.7 Å². The SMILES string of the molecule is CC[C@@H](C(=O)NC)N(Cc1ccc(Cl)c(Cl)c1)C(=O)CN(c1ccccc1)S(=O)(=O)c1ccccc1. The predicted molar refractivity (Wildman–Crippen MR) is 143 cm³/mol. The van der Waals surface area contributed by atoms with Crippen LogP contribution in [0.15, 0.2) is 83.8 Å². The van der Waals surface area contributed by atoms with Gasteiger partial charge in [0.15, 0.2) is 0 Å². The minimum atomic E-state index is -4.08. The molecule has 7 nitrogen and oxygen atoms in total. The number of para-hydroxylation sites is 1. The molecule has 0 unspecified atom stereocenters. The van der Waals surface area contributed by atoms with Crippen LogP contribution in [0.4, 0.5) is 5.69 Å². The smallest absolute Gasteiger partial charge is 0.264 e. The van der Waals surface area contributed by atoms with Crippen molar-refractivity contribution in [2.45, 2.75) is 30.8 Å². The summed E-state index contributed by atoms with van der Waals surface area (Å²) in [7, 11) is -2.59. The number of nitrogens with zero attached hydrogens (tertiary/aromatic N) is 2. The van der Waals surface area contributed by atoms with Gasteiger partial charge in [0, 0.05) is 13.6 Å². The van der Waals surface area contributed by atoms with Gasteiger partial charge in [-0.05, 0) is 48.4 Å². The number of carbonyl (C=O) groups is 2. The number of anilines is 1. The maximum absolute atomic E-state index is 13.8. The van der Waals surface area contributed by atoms with E-state index in [4.69, 9.17) is 23.2 Å². The van der Waals surface area contributed by atoms with E-state index in [2.05, 4.69) is 5.32 Å². The van der Waals surface area contributed by atoms with Crippen molar-refractivity contribution in [3.05, 3.63) is 94.5 Å². The normalized spacial score (nSPS) is 12.0.